The summed E-state index contributed by atoms with van der Waals surface area (Å²) in [5, 5.41) is 7.35. The Balaban J connectivity index is 2.32. The Hall–Kier alpha value is -1.38. The number of nitrogens with zero attached hydrogens (tertiary/aromatic N) is 2. The number of nitrogens with two attached hydrogens (primary N) is 1. The van der Waals surface area contributed by atoms with E-state index in [0.29, 0.717) is 10.2 Å². The van der Waals surface area contributed by atoms with Crippen molar-refractivity contribution in [2.24, 2.45) is 0 Å². The predicted molar refractivity (Wildman–Crippen MR) is 76.4 cm³/mol. The average Bonchev–Trinajstić information content (AvgIpc) is 2.35. The second-order valence-corrected chi connectivity index (χ2v) is 6.45. The van der Waals surface area contributed by atoms with Crippen LogP contribution in [0.5, 0.6) is 0 Å². The van der Waals surface area contributed by atoms with E-state index in [-0.39, 0.29) is 15.9 Å². The summed E-state index contributed by atoms with van der Waals surface area (Å²) < 4.78 is 26.9. The Labute approximate surface area is 123 Å². The lowest BCUT2D eigenvalue weighted by Crippen LogP contribution is -2.14. The van der Waals surface area contributed by atoms with Crippen molar-refractivity contribution >= 4 is 49.1 Å². The van der Waals surface area contributed by atoms with Gasteiger partial charge in [-0.15, -0.1) is 10.2 Å². The molecule has 3 N–H and O–H groups in total. The van der Waals surface area contributed by atoms with Gasteiger partial charge in [-0.3, -0.25) is 4.72 Å². The fourth-order valence-electron chi connectivity index (χ4n) is 1.24. The maximum Gasteiger partial charge on any atom is 0.263 e. The summed E-state index contributed by atoms with van der Waals surface area (Å²) >= 11 is 8.74. The molecule has 0 unspecified atom stereocenters. The third kappa shape index (κ3) is 3.34. The van der Waals surface area contributed by atoms with Crippen LogP contribution in [0.15, 0.2) is 39.7 Å². The van der Waals surface area contributed by atoms with E-state index < -0.39 is 10.0 Å². The van der Waals surface area contributed by atoms with Gasteiger partial charge >= 0.3 is 0 Å². The first kappa shape index (κ1) is 14.0. The first-order valence-electron chi connectivity index (χ1n) is 4.95. The molecule has 19 heavy (non-hydrogen) atoms. The van der Waals surface area contributed by atoms with Gasteiger partial charge in [-0.1, -0.05) is 11.6 Å². The van der Waals surface area contributed by atoms with Crippen LogP contribution in [-0.2, 0) is 10.0 Å². The Bertz CT molecular complexity index is 706. The molecular formula is C10H8BrClN4O2S. The number of nitrogen functional groups attached to an aromatic ring is 1. The van der Waals surface area contributed by atoms with Crippen molar-refractivity contribution in [3.8, 4) is 0 Å². The monoisotopic (exact) mass is 362 g/mol. The standard InChI is InChI=1S/C10H8BrClN4O2S/c11-7-5-6(1-2-8(7)13)19(17,18)16-10-4-3-9(12)14-15-10/h1-5H,13H2,(H,15,16). The largest absolute Gasteiger partial charge is 0.398 e. The topological polar surface area (TPSA) is 98.0 Å². The molecule has 0 radical (unpaired) electrons. The summed E-state index contributed by atoms with van der Waals surface area (Å²) in [5.74, 6) is 0.0809. The highest BCUT2D eigenvalue weighted by atomic mass is 79.9. The summed E-state index contributed by atoms with van der Waals surface area (Å²) in [6, 6.07) is 7.14. The fraction of sp³-hybridized carbons (Fsp3) is 0. The highest BCUT2D eigenvalue weighted by Crippen LogP contribution is 2.24. The van der Waals surface area contributed by atoms with Crippen LogP contribution in [0.3, 0.4) is 0 Å². The first-order valence-corrected chi connectivity index (χ1v) is 7.61. The Kier molecular flexibility index (Phi) is 3.93. The molecule has 0 amide bonds. The molecule has 0 atom stereocenters. The predicted octanol–water partition coefficient (Wildman–Crippen LogP) is 2.28. The highest BCUT2D eigenvalue weighted by Gasteiger charge is 2.16. The zero-order chi connectivity index (χ0) is 14.0. The van der Waals surface area contributed by atoms with Gasteiger partial charge in [-0.25, -0.2) is 8.42 Å². The minimum Gasteiger partial charge on any atom is -0.398 e. The van der Waals surface area contributed by atoms with Crippen LogP contribution in [0.25, 0.3) is 0 Å². The molecule has 0 aliphatic carbocycles. The van der Waals surface area contributed by atoms with Crippen molar-refractivity contribution in [2.45, 2.75) is 4.90 Å². The summed E-state index contributed by atoms with van der Waals surface area (Å²) in [6.07, 6.45) is 0. The highest BCUT2D eigenvalue weighted by molar-refractivity contribution is 9.10. The van der Waals surface area contributed by atoms with E-state index in [9.17, 15) is 8.42 Å². The molecule has 0 saturated carbocycles. The van der Waals surface area contributed by atoms with E-state index >= 15 is 0 Å². The summed E-state index contributed by atoms with van der Waals surface area (Å²) in [5.41, 5.74) is 6.05. The number of hydrogen-bond donors (Lipinski definition) is 2. The number of rotatable bonds is 3. The van der Waals surface area contributed by atoms with Crippen LogP contribution in [-0.4, -0.2) is 18.6 Å². The number of benzene rings is 1. The number of halogens is 2. The van der Waals surface area contributed by atoms with Crippen molar-refractivity contribution in [1.29, 1.82) is 0 Å². The molecule has 0 saturated heterocycles. The van der Waals surface area contributed by atoms with Crippen LogP contribution in [0, 0.1) is 0 Å². The van der Waals surface area contributed by atoms with Gasteiger partial charge in [0.1, 0.15) is 0 Å². The second-order valence-electron chi connectivity index (χ2n) is 3.53. The number of anilines is 2. The van der Waals surface area contributed by atoms with Crippen molar-refractivity contribution in [1.82, 2.24) is 10.2 Å². The van der Waals surface area contributed by atoms with Gasteiger partial charge in [0, 0.05) is 10.2 Å². The van der Waals surface area contributed by atoms with Crippen LogP contribution in [0.1, 0.15) is 0 Å². The van der Waals surface area contributed by atoms with Crippen molar-refractivity contribution in [2.75, 3.05) is 10.5 Å². The average molecular weight is 364 g/mol. The molecular weight excluding hydrogens is 356 g/mol. The number of sulfonamides is 1. The van der Waals surface area contributed by atoms with Gasteiger partial charge in [0.25, 0.3) is 10.0 Å². The van der Waals surface area contributed by atoms with Crippen molar-refractivity contribution in [3.05, 3.63) is 40.0 Å². The number of hydrogen-bond acceptors (Lipinski definition) is 5. The van der Waals surface area contributed by atoms with Gasteiger partial charge in [-0.2, -0.15) is 0 Å². The molecule has 9 heteroatoms. The maximum absolute atomic E-state index is 12.1. The molecule has 1 heterocycles. The van der Waals surface area contributed by atoms with Crippen molar-refractivity contribution < 1.29 is 8.42 Å². The van der Waals surface area contributed by atoms with Crippen LogP contribution < -0.4 is 10.5 Å². The van der Waals surface area contributed by atoms with Crippen molar-refractivity contribution in [3.63, 3.8) is 0 Å². The Morgan fingerprint density at radius 2 is 1.95 bits per heavy atom. The number of aromatic nitrogens is 2. The molecule has 0 fully saturated rings. The zero-order valence-electron chi connectivity index (χ0n) is 9.34. The van der Waals surface area contributed by atoms with E-state index in [1.165, 1.54) is 30.3 Å². The minimum atomic E-state index is -3.75. The van der Waals surface area contributed by atoms with Gasteiger partial charge in [0.2, 0.25) is 0 Å². The Morgan fingerprint density at radius 1 is 1.21 bits per heavy atom. The summed E-state index contributed by atoms with van der Waals surface area (Å²) in [7, 11) is -3.75. The lowest BCUT2D eigenvalue weighted by atomic mass is 10.3. The molecule has 100 valence electrons. The molecule has 0 aliphatic rings. The minimum absolute atomic E-state index is 0.0605. The van der Waals surface area contributed by atoms with Crippen LogP contribution in [0.4, 0.5) is 11.5 Å². The van der Waals surface area contributed by atoms with Crippen LogP contribution >= 0.6 is 27.5 Å². The van der Waals surface area contributed by atoms with E-state index in [1.807, 2.05) is 0 Å². The quantitative estimate of drug-likeness (QED) is 0.815. The SMILES string of the molecule is Nc1ccc(S(=O)(=O)Nc2ccc(Cl)nn2)cc1Br. The molecule has 1 aromatic heterocycles. The lowest BCUT2D eigenvalue weighted by molar-refractivity contribution is 0.601. The molecule has 2 aromatic rings. The Morgan fingerprint density at radius 3 is 2.53 bits per heavy atom. The van der Waals surface area contributed by atoms with E-state index in [4.69, 9.17) is 17.3 Å². The molecule has 0 spiro atoms. The lowest BCUT2D eigenvalue weighted by Gasteiger charge is -2.07. The fourth-order valence-corrected chi connectivity index (χ4v) is 2.90. The van der Waals surface area contributed by atoms with Gasteiger partial charge in [0.15, 0.2) is 11.0 Å². The third-order valence-corrected chi connectivity index (χ3v) is 4.39. The first-order chi connectivity index (χ1) is 8.88. The smallest absolute Gasteiger partial charge is 0.263 e. The molecule has 1 aromatic carbocycles. The molecule has 6 nitrogen and oxygen atoms in total. The molecule has 0 bridgehead atoms. The summed E-state index contributed by atoms with van der Waals surface area (Å²) in [6.45, 7) is 0. The third-order valence-electron chi connectivity index (χ3n) is 2.15. The summed E-state index contributed by atoms with van der Waals surface area (Å²) in [4.78, 5) is 0.0605. The van der Waals surface area contributed by atoms with Crippen LogP contribution in [0.2, 0.25) is 5.15 Å². The van der Waals surface area contributed by atoms with Gasteiger partial charge in [-0.05, 0) is 46.3 Å². The van der Waals surface area contributed by atoms with E-state index in [2.05, 4.69) is 30.8 Å². The van der Waals surface area contributed by atoms with Gasteiger partial charge in [0.05, 0.1) is 4.90 Å². The molecule has 2 rings (SSSR count). The zero-order valence-corrected chi connectivity index (χ0v) is 12.5. The normalized spacial score (nSPS) is 11.3. The van der Waals surface area contributed by atoms with E-state index in [1.54, 1.807) is 0 Å². The van der Waals surface area contributed by atoms with Gasteiger partial charge < -0.3 is 5.73 Å². The number of nitrogens with one attached hydrogen (secondary N) is 1. The maximum atomic E-state index is 12.1. The molecule has 0 aliphatic heterocycles. The van der Waals surface area contributed by atoms with E-state index in [0.717, 1.165) is 0 Å². The second kappa shape index (κ2) is 5.32.